The summed E-state index contributed by atoms with van der Waals surface area (Å²) >= 11 is 5.37. The molecule has 14 heavy (non-hydrogen) atoms. The molecule has 0 fully saturated rings. The van der Waals surface area contributed by atoms with E-state index in [1.54, 1.807) is 0 Å². The lowest BCUT2D eigenvalue weighted by molar-refractivity contribution is 0.0682. The smallest absolute Gasteiger partial charge is 0.337 e. The van der Waals surface area contributed by atoms with Crippen LogP contribution >= 0.6 is 11.6 Å². The molecule has 0 saturated carbocycles. The van der Waals surface area contributed by atoms with Crippen molar-refractivity contribution in [2.24, 2.45) is 0 Å². The Morgan fingerprint density at radius 2 is 2.21 bits per heavy atom. The molecule has 7 heteroatoms. The zero-order valence-corrected chi connectivity index (χ0v) is 7.42. The topological polar surface area (TPSA) is 76.2 Å². The highest BCUT2D eigenvalue weighted by Crippen LogP contribution is 2.26. The number of nitrogens with zero attached hydrogens (tertiary/aromatic N) is 1. The fourth-order valence-corrected chi connectivity index (χ4v) is 1.00. The predicted molar refractivity (Wildman–Crippen MR) is 45.6 cm³/mol. The van der Waals surface area contributed by atoms with E-state index in [9.17, 15) is 13.6 Å². The number of rotatable bonds is 2. The largest absolute Gasteiger partial charge is 0.478 e. The Labute approximate surface area is 82.3 Å². The van der Waals surface area contributed by atoms with Crippen molar-refractivity contribution in [1.82, 2.24) is 4.98 Å². The molecular weight excluding hydrogens is 218 g/mol. The highest BCUT2D eigenvalue weighted by atomic mass is 35.5. The first-order valence-electron chi connectivity index (χ1n) is 3.41. The molecule has 76 valence electrons. The molecule has 1 heterocycles. The zero-order chi connectivity index (χ0) is 10.9. The molecule has 1 aromatic heterocycles. The molecule has 0 bridgehead atoms. The summed E-state index contributed by atoms with van der Waals surface area (Å²) in [7, 11) is 0. The van der Waals surface area contributed by atoms with E-state index in [0.29, 0.717) is 0 Å². The highest BCUT2D eigenvalue weighted by molar-refractivity contribution is 6.32. The van der Waals surface area contributed by atoms with Crippen LogP contribution in [0.4, 0.5) is 14.5 Å². The fourth-order valence-electron chi connectivity index (χ4n) is 0.857. The van der Waals surface area contributed by atoms with Gasteiger partial charge in [-0.25, -0.2) is 18.6 Å². The zero-order valence-electron chi connectivity index (χ0n) is 6.67. The Balaban J connectivity index is 3.39. The van der Waals surface area contributed by atoms with Gasteiger partial charge in [0.1, 0.15) is 5.69 Å². The van der Waals surface area contributed by atoms with Gasteiger partial charge in [0.2, 0.25) is 0 Å². The average Bonchev–Trinajstić information content (AvgIpc) is 2.08. The Morgan fingerprint density at radius 3 is 2.64 bits per heavy atom. The van der Waals surface area contributed by atoms with Crippen LogP contribution in [0.1, 0.15) is 22.5 Å². The van der Waals surface area contributed by atoms with Crippen LogP contribution in [0.2, 0.25) is 5.15 Å². The monoisotopic (exact) mass is 222 g/mol. The summed E-state index contributed by atoms with van der Waals surface area (Å²) in [6.45, 7) is 0. The number of carbonyl (C=O) groups is 1. The SMILES string of the molecule is Nc1cc(C(=O)O)c(C(F)F)nc1Cl. The first-order valence-corrected chi connectivity index (χ1v) is 3.78. The Bertz CT molecular complexity index is 384. The van der Waals surface area contributed by atoms with E-state index < -0.39 is 23.7 Å². The third kappa shape index (κ3) is 1.90. The molecule has 0 aliphatic rings. The normalized spacial score (nSPS) is 10.6. The van der Waals surface area contributed by atoms with E-state index in [-0.39, 0.29) is 10.8 Å². The first kappa shape index (κ1) is 10.6. The van der Waals surface area contributed by atoms with Crippen molar-refractivity contribution in [2.75, 3.05) is 5.73 Å². The number of aromatic carboxylic acids is 1. The molecular formula is C7H5ClF2N2O2. The molecule has 0 amide bonds. The maximum Gasteiger partial charge on any atom is 0.337 e. The number of nitrogens with two attached hydrogens (primary N) is 1. The molecule has 4 nitrogen and oxygen atoms in total. The van der Waals surface area contributed by atoms with Gasteiger partial charge in [-0.15, -0.1) is 0 Å². The lowest BCUT2D eigenvalue weighted by Gasteiger charge is -2.06. The summed E-state index contributed by atoms with van der Waals surface area (Å²) in [6.07, 6.45) is -3.00. The van der Waals surface area contributed by atoms with E-state index in [1.165, 1.54) is 0 Å². The van der Waals surface area contributed by atoms with Gasteiger partial charge in [-0.05, 0) is 6.07 Å². The van der Waals surface area contributed by atoms with Crippen LogP contribution in [-0.4, -0.2) is 16.1 Å². The van der Waals surface area contributed by atoms with Crippen LogP contribution in [0, 0.1) is 0 Å². The molecule has 1 rings (SSSR count). The predicted octanol–water partition coefficient (Wildman–Crippen LogP) is 1.95. The second-order valence-corrected chi connectivity index (χ2v) is 2.77. The minimum atomic E-state index is -3.00. The molecule has 0 unspecified atom stereocenters. The maximum atomic E-state index is 12.3. The average molecular weight is 223 g/mol. The minimum absolute atomic E-state index is 0.145. The summed E-state index contributed by atoms with van der Waals surface area (Å²) < 4.78 is 24.5. The molecule has 3 N–H and O–H groups in total. The molecule has 0 aromatic carbocycles. The molecule has 0 radical (unpaired) electrons. The maximum absolute atomic E-state index is 12.3. The number of aromatic nitrogens is 1. The summed E-state index contributed by atoms with van der Waals surface area (Å²) in [5.41, 5.74) is 3.56. The fraction of sp³-hybridized carbons (Fsp3) is 0.143. The Morgan fingerprint density at radius 1 is 1.64 bits per heavy atom. The molecule has 0 spiro atoms. The summed E-state index contributed by atoms with van der Waals surface area (Å²) in [6, 6.07) is 0.860. The van der Waals surface area contributed by atoms with Crippen molar-refractivity contribution in [3.05, 3.63) is 22.5 Å². The second-order valence-electron chi connectivity index (χ2n) is 2.41. The van der Waals surface area contributed by atoms with Gasteiger partial charge in [-0.1, -0.05) is 11.6 Å². The van der Waals surface area contributed by atoms with Crippen molar-refractivity contribution in [2.45, 2.75) is 6.43 Å². The van der Waals surface area contributed by atoms with Gasteiger partial charge < -0.3 is 10.8 Å². The van der Waals surface area contributed by atoms with E-state index in [2.05, 4.69) is 4.98 Å². The quantitative estimate of drug-likeness (QED) is 0.750. The number of hydrogen-bond donors (Lipinski definition) is 2. The van der Waals surface area contributed by atoms with Crippen LogP contribution < -0.4 is 5.73 Å². The minimum Gasteiger partial charge on any atom is -0.478 e. The molecule has 0 aliphatic carbocycles. The van der Waals surface area contributed by atoms with Gasteiger partial charge in [-0.3, -0.25) is 0 Å². The van der Waals surface area contributed by atoms with E-state index >= 15 is 0 Å². The van der Waals surface area contributed by atoms with Crippen molar-refractivity contribution in [1.29, 1.82) is 0 Å². The van der Waals surface area contributed by atoms with Gasteiger partial charge in [0, 0.05) is 0 Å². The van der Waals surface area contributed by atoms with Crippen LogP contribution in [0.25, 0.3) is 0 Å². The van der Waals surface area contributed by atoms with Gasteiger partial charge in [0.25, 0.3) is 6.43 Å². The number of pyridine rings is 1. The number of halogens is 3. The third-order valence-electron chi connectivity index (χ3n) is 1.47. The number of nitrogen functional groups attached to an aromatic ring is 1. The van der Waals surface area contributed by atoms with Gasteiger partial charge in [-0.2, -0.15) is 0 Å². The van der Waals surface area contributed by atoms with Crippen LogP contribution in [0.5, 0.6) is 0 Å². The van der Waals surface area contributed by atoms with Crippen LogP contribution in [0.3, 0.4) is 0 Å². The van der Waals surface area contributed by atoms with Crippen LogP contribution in [-0.2, 0) is 0 Å². The van der Waals surface area contributed by atoms with Crippen molar-refractivity contribution in [3.8, 4) is 0 Å². The van der Waals surface area contributed by atoms with Crippen molar-refractivity contribution < 1.29 is 18.7 Å². The number of hydrogen-bond acceptors (Lipinski definition) is 3. The molecule has 1 aromatic rings. The standard InChI is InChI=1S/C7H5ClF2N2O2/c8-5-3(11)1-2(7(13)14)4(12-5)6(9)10/h1,6H,11H2,(H,13,14). The van der Waals surface area contributed by atoms with Crippen molar-refractivity contribution >= 4 is 23.3 Å². The molecule has 0 saturated heterocycles. The second kappa shape index (κ2) is 3.75. The van der Waals surface area contributed by atoms with E-state index in [4.69, 9.17) is 22.4 Å². The van der Waals surface area contributed by atoms with Gasteiger partial charge in [0.15, 0.2) is 5.15 Å². The summed E-state index contributed by atoms with van der Waals surface area (Å²) in [5.74, 6) is -1.52. The Kier molecular flexibility index (Phi) is 2.85. The third-order valence-corrected chi connectivity index (χ3v) is 1.77. The van der Waals surface area contributed by atoms with Crippen LogP contribution in [0.15, 0.2) is 6.07 Å². The number of alkyl halides is 2. The Hall–Kier alpha value is -1.43. The lowest BCUT2D eigenvalue weighted by atomic mass is 10.2. The van der Waals surface area contributed by atoms with E-state index in [0.717, 1.165) is 6.07 Å². The number of carboxylic acids is 1. The number of carboxylic acid groups (broad SMARTS) is 1. The lowest BCUT2D eigenvalue weighted by Crippen LogP contribution is -2.07. The number of anilines is 1. The summed E-state index contributed by atoms with van der Waals surface area (Å²) in [5, 5.41) is 8.23. The van der Waals surface area contributed by atoms with Crippen molar-refractivity contribution in [3.63, 3.8) is 0 Å². The summed E-state index contributed by atoms with van der Waals surface area (Å²) in [4.78, 5) is 13.7. The van der Waals surface area contributed by atoms with Gasteiger partial charge >= 0.3 is 5.97 Å². The van der Waals surface area contributed by atoms with E-state index in [1.807, 2.05) is 0 Å². The molecule has 0 atom stereocenters. The first-order chi connectivity index (χ1) is 6.43. The van der Waals surface area contributed by atoms with Gasteiger partial charge in [0.05, 0.1) is 11.3 Å². The highest BCUT2D eigenvalue weighted by Gasteiger charge is 2.21. The molecule has 0 aliphatic heterocycles.